The van der Waals surface area contributed by atoms with Gasteiger partial charge in [-0.05, 0) is 55.5 Å². The van der Waals surface area contributed by atoms with Crippen LogP contribution in [0.25, 0.3) is 0 Å². The number of fused-ring (bicyclic) bond motifs is 1. The summed E-state index contributed by atoms with van der Waals surface area (Å²) in [7, 11) is -0.741. The van der Waals surface area contributed by atoms with Gasteiger partial charge in [0, 0.05) is 44.2 Å². The van der Waals surface area contributed by atoms with Gasteiger partial charge in [0.2, 0.25) is 21.8 Å². The van der Waals surface area contributed by atoms with Crippen LogP contribution in [0, 0.1) is 5.92 Å². The number of methoxy groups -OCH3 is 2. The molecule has 11 heteroatoms. The zero-order chi connectivity index (χ0) is 26.0. The van der Waals surface area contributed by atoms with Crippen LogP contribution < -0.4 is 19.7 Å². The Morgan fingerprint density at radius 1 is 1.03 bits per heavy atom. The molecule has 1 saturated heterocycles. The van der Waals surface area contributed by atoms with Gasteiger partial charge in [0.1, 0.15) is 11.5 Å². The molecule has 2 aliphatic rings. The average molecular weight is 536 g/mol. The van der Waals surface area contributed by atoms with Crippen molar-refractivity contribution in [1.29, 1.82) is 0 Å². The van der Waals surface area contributed by atoms with E-state index in [-0.39, 0.29) is 35.7 Å². The molecule has 2 aliphatic heterocycles. The lowest BCUT2D eigenvalue weighted by Crippen LogP contribution is -2.41. The predicted molar refractivity (Wildman–Crippen MR) is 137 cm³/mol. The van der Waals surface area contributed by atoms with Crippen LogP contribution in [0.2, 0.25) is 5.02 Å². The number of ether oxygens (including phenoxy) is 2. The van der Waals surface area contributed by atoms with Crippen LogP contribution in [0.4, 0.5) is 11.4 Å². The third kappa shape index (κ3) is 5.16. The number of carbonyl (C=O) groups is 2. The first-order chi connectivity index (χ1) is 17.1. The van der Waals surface area contributed by atoms with E-state index in [2.05, 4.69) is 5.32 Å². The van der Waals surface area contributed by atoms with Crippen LogP contribution in [-0.4, -0.2) is 58.4 Å². The summed E-state index contributed by atoms with van der Waals surface area (Å²) in [6.07, 6.45) is 2.30. The van der Waals surface area contributed by atoms with Gasteiger partial charge in [0.15, 0.2) is 0 Å². The number of anilines is 2. The number of amides is 2. The molecule has 0 unspecified atom stereocenters. The molecular formula is C25H30ClN3O6S. The highest BCUT2D eigenvalue weighted by Gasteiger charge is 2.33. The Hall–Kier alpha value is -2.82. The van der Waals surface area contributed by atoms with Crippen molar-refractivity contribution in [2.24, 2.45) is 5.92 Å². The fraction of sp³-hybridized carbons (Fsp3) is 0.440. The first kappa shape index (κ1) is 26.2. The van der Waals surface area contributed by atoms with E-state index >= 15 is 0 Å². The summed E-state index contributed by atoms with van der Waals surface area (Å²) in [5.74, 6) is 0.224. The minimum atomic E-state index is -3.72. The van der Waals surface area contributed by atoms with Crippen molar-refractivity contribution in [2.75, 3.05) is 44.1 Å². The lowest BCUT2D eigenvalue weighted by molar-refractivity contribution is -0.121. The molecule has 0 bridgehead atoms. The van der Waals surface area contributed by atoms with Crippen molar-refractivity contribution in [3.8, 4) is 11.5 Å². The van der Waals surface area contributed by atoms with Crippen molar-refractivity contribution in [1.82, 2.24) is 4.31 Å². The highest BCUT2D eigenvalue weighted by molar-refractivity contribution is 7.89. The maximum absolute atomic E-state index is 13.3. The van der Waals surface area contributed by atoms with E-state index in [9.17, 15) is 18.0 Å². The lowest BCUT2D eigenvalue weighted by atomic mass is 9.97. The van der Waals surface area contributed by atoms with E-state index in [1.807, 2.05) is 0 Å². The topological polar surface area (TPSA) is 105 Å². The van der Waals surface area contributed by atoms with Crippen molar-refractivity contribution in [3.05, 3.63) is 40.9 Å². The van der Waals surface area contributed by atoms with Gasteiger partial charge in [0.25, 0.3) is 0 Å². The first-order valence-electron chi connectivity index (χ1n) is 11.8. The average Bonchev–Trinajstić information content (AvgIpc) is 2.88. The van der Waals surface area contributed by atoms with Crippen LogP contribution in [0.1, 0.15) is 31.7 Å². The number of rotatable bonds is 6. The van der Waals surface area contributed by atoms with Gasteiger partial charge in [-0.15, -0.1) is 0 Å². The molecule has 36 heavy (non-hydrogen) atoms. The Labute approximate surface area is 216 Å². The fourth-order valence-electron chi connectivity index (χ4n) is 4.76. The van der Waals surface area contributed by atoms with E-state index in [4.69, 9.17) is 21.1 Å². The number of aryl methyl sites for hydroxylation is 1. The molecule has 0 spiro atoms. The van der Waals surface area contributed by atoms with Crippen LogP contribution in [-0.2, 0) is 26.0 Å². The predicted octanol–water partition coefficient (Wildman–Crippen LogP) is 3.70. The van der Waals surface area contributed by atoms with Gasteiger partial charge in [-0.1, -0.05) is 11.6 Å². The molecule has 4 rings (SSSR count). The van der Waals surface area contributed by atoms with E-state index < -0.39 is 10.0 Å². The Morgan fingerprint density at radius 2 is 1.72 bits per heavy atom. The standard InChI is InChI=1S/C25H30ClN3O6S/c1-16(30)29-10-4-5-18-13-19(6-7-22(18)29)36(32,33)28-11-8-17(9-12-28)25(31)27-21-14-20(26)23(34-2)15-24(21)35-3/h6-7,13-15,17H,4-5,8-12H2,1-3H3,(H,27,31). The number of halogens is 1. The summed E-state index contributed by atoms with van der Waals surface area (Å²) >= 11 is 6.20. The minimum Gasteiger partial charge on any atom is -0.495 e. The molecule has 0 saturated carbocycles. The quantitative estimate of drug-likeness (QED) is 0.604. The normalized spacial score (nSPS) is 16.8. The van der Waals surface area contributed by atoms with Crippen LogP contribution >= 0.6 is 11.6 Å². The molecule has 1 N–H and O–H groups in total. The van der Waals surface area contributed by atoms with Crippen LogP contribution in [0.5, 0.6) is 11.5 Å². The number of nitrogens with one attached hydrogen (secondary N) is 1. The van der Waals surface area contributed by atoms with Gasteiger partial charge in [-0.25, -0.2) is 8.42 Å². The zero-order valence-corrected chi connectivity index (χ0v) is 22.1. The Balaban J connectivity index is 1.43. The van der Waals surface area contributed by atoms with E-state index in [0.29, 0.717) is 41.6 Å². The number of nitrogens with zero attached hydrogens (tertiary/aromatic N) is 2. The molecule has 0 aromatic heterocycles. The second-order valence-corrected chi connectivity index (χ2v) is 11.3. The molecule has 2 aromatic carbocycles. The Morgan fingerprint density at radius 3 is 2.36 bits per heavy atom. The van der Waals surface area contributed by atoms with Gasteiger partial charge in [-0.3, -0.25) is 9.59 Å². The van der Waals surface area contributed by atoms with Gasteiger partial charge in [-0.2, -0.15) is 4.31 Å². The summed E-state index contributed by atoms with van der Waals surface area (Å²) in [6, 6.07) is 8.13. The molecular weight excluding hydrogens is 506 g/mol. The largest absolute Gasteiger partial charge is 0.495 e. The van der Waals surface area contributed by atoms with E-state index in [1.54, 1.807) is 35.2 Å². The molecule has 1 fully saturated rings. The van der Waals surface area contributed by atoms with E-state index in [1.165, 1.54) is 25.4 Å². The highest BCUT2D eigenvalue weighted by Crippen LogP contribution is 2.37. The molecule has 9 nitrogen and oxygen atoms in total. The lowest BCUT2D eigenvalue weighted by Gasteiger charge is -2.32. The van der Waals surface area contributed by atoms with Gasteiger partial charge < -0.3 is 19.7 Å². The summed E-state index contributed by atoms with van der Waals surface area (Å²) < 4.78 is 38.6. The van der Waals surface area contributed by atoms with Crippen molar-refractivity contribution in [2.45, 2.75) is 37.5 Å². The molecule has 0 atom stereocenters. The summed E-state index contributed by atoms with van der Waals surface area (Å²) in [4.78, 5) is 26.8. The smallest absolute Gasteiger partial charge is 0.243 e. The zero-order valence-electron chi connectivity index (χ0n) is 20.5. The van der Waals surface area contributed by atoms with Crippen LogP contribution in [0.15, 0.2) is 35.2 Å². The number of benzene rings is 2. The third-order valence-corrected chi connectivity index (χ3v) is 8.93. The molecule has 2 heterocycles. The summed E-state index contributed by atoms with van der Waals surface area (Å²) in [6.45, 7) is 2.62. The monoisotopic (exact) mass is 535 g/mol. The number of hydrogen-bond acceptors (Lipinski definition) is 6. The maximum atomic E-state index is 13.3. The third-order valence-electron chi connectivity index (χ3n) is 6.74. The van der Waals surface area contributed by atoms with Crippen molar-refractivity contribution < 1.29 is 27.5 Å². The number of sulfonamides is 1. The molecule has 2 aromatic rings. The van der Waals surface area contributed by atoms with Gasteiger partial charge >= 0.3 is 0 Å². The first-order valence-corrected chi connectivity index (χ1v) is 13.6. The second-order valence-electron chi connectivity index (χ2n) is 8.92. The SMILES string of the molecule is COc1cc(OC)c(NC(=O)C2CCN(S(=O)(=O)c3ccc4c(c3)CCCN4C(C)=O)CC2)cc1Cl. The molecule has 0 radical (unpaired) electrons. The minimum absolute atomic E-state index is 0.0542. The highest BCUT2D eigenvalue weighted by atomic mass is 35.5. The van der Waals surface area contributed by atoms with E-state index in [0.717, 1.165) is 24.1 Å². The number of hydrogen-bond donors (Lipinski definition) is 1. The summed E-state index contributed by atoms with van der Waals surface area (Å²) in [5.41, 5.74) is 2.06. The second kappa shape index (κ2) is 10.7. The Bertz CT molecular complexity index is 1270. The summed E-state index contributed by atoms with van der Waals surface area (Å²) in [5, 5.41) is 3.19. The van der Waals surface area contributed by atoms with Gasteiger partial charge in [0.05, 0.1) is 29.8 Å². The number of piperidine rings is 1. The molecule has 0 aliphatic carbocycles. The van der Waals surface area contributed by atoms with Crippen molar-refractivity contribution >= 4 is 44.8 Å². The fourth-order valence-corrected chi connectivity index (χ4v) is 6.52. The Kier molecular flexibility index (Phi) is 7.77. The van der Waals surface area contributed by atoms with Crippen molar-refractivity contribution in [3.63, 3.8) is 0 Å². The maximum Gasteiger partial charge on any atom is 0.243 e. The molecule has 2 amide bonds. The molecule has 194 valence electrons. The van der Waals surface area contributed by atoms with Crippen LogP contribution in [0.3, 0.4) is 0 Å². The number of carbonyl (C=O) groups excluding carboxylic acids is 2.